The van der Waals surface area contributed by atoms with Gasteiger partial charge in [0.15, 0.2) is 0 Å². The van der Waals surface area contributed by atoms with Gasteiger partial charge in [0.25, 0.3) is 0 Å². The molecule has 1 heterocycles. The van der Waals surface area contributed by atoms with Gasteiger partial charge in [0, 0.05) is 5.39 Å². The Morgan fingerprint density at radius 2 is 2.14 bits per heavy atom. The van der Waals surface area contributed by atoms with E-state index in [0.717, 1.165) is 16.5 Å². The highest BCUT2D eigenvalue weighted by Crippen LogP contribution is 2.24. The first-order chi connectivity index (χ1) is 6.70. The second-order valence-electron chi connectivity index (χ2n) is 3.25. The number of fused-ring (bicyclic) bond motifs is 1. The summed E-state index contributed by atoms with van der Waals surface area (Å²) in [5.41, 5.74) is 2.25. The van der Waals surface area contributed by atoms with Gasteiger partial charge in [-0.25, -0.2) is 9.37 Å². The smallest absolute Gasteiger partial charge is 0.131 e. The van der Waals surface area contributed by atoms with E-state index in [9.17, 15) is 4.39 Å². The van der Waals surface area contributed by atoms with Crippen molar-refractivity contribution in [1.82, 2.24) is 4.98 Å². The molecule has 1 aromatic carbocycles. The summed E-state index contributed by atoms with van der Waals surface area (Å²) >= 11 is 6.01. The van der Waals surface area contributed by atoms with Crippen LogP contribution in [0.3, 0.4) is 0 Å². The number of nitrogens with zero attached hydrogens (tertiary/aromatic N) is 1. The molecule has 0 saturated carbocycles. The van der Waals surface area contributed by atoms with E-state index in [2.05, 4.69) is 4.98 Å². The predicted molar refractivity (Wildman–Crippen MR) is 56.3 cm³/mol. The maximum atomic E-state index is 12.4. The van der Waals surface area contributed by atoms with E-state index < -0.39 is 6.67 Å². The molecule has 0 aliphatic carbocycles. The number of aromatic nitrogens is 1. The van der Waals surface area contributed by atoms with Crippen LogP contribution in [0, 0.1) is 6.92 Å². The topological polar surface area (TPSA) is 12.9 Å². The molecule has 2 rings (SSSR count). The largest absolute Gasteiger partial charge is 0.250 e. The van der Waals surface area contributed by atoms with Gasteiger partial charge >= 0.3 is 0 Å². The molecule has 0 unspecified atom stereocenters. The molecule has 0 spiro atoms. The molecule has 1 nitrogen and oxygen atoms in total. The first-order valence-electron chi connectivity index (χ1n) is 4.32. The summed E-state index contributed by atoms with van der Waals surface area (Å²) < 4.78 is 12.4. The number of rotatable bonds is 1. The van der Waals surface area contributed by atoms with Crippen LogP contribution in [0.5, 0.6) is 0 Å². The standard InChI is InChI=1S/C11H9ClFN/c1-7-2-3-11-9(4-7)10(12)5-8(6-13)14-11/h2-5H,6H2,1H3. The molecule has 72 valence electrons. The second-order valence-corrected chi connectivity index (χ2v) is 3.66. The molecular formula is C11H9ClFN. The number of alkyl halides is 1. The third-order valence-electron chi connectivity index (χ3n) is 2.10. The lowest BCUT2D eigenvalue weighted by Gasteiger charge is -2.03. The summed E-state index contributed by atoms with van der Waals surface area (Å²) in [6, 6.07) is 7.32. The highest BCUT2D eigenvalue weighted by Gasteiger charge is 2.03. The van der Waals surface area contributed by atoms with Gasteiger partial charge in [0.05, 0.1) is 16.2 Å². The van der Waals surface area contributed by atoms with Crippen molar-refractivity contribution in [2.45, 2.75) is 13.6 Å². The predicted octanol–water partition coefficient (Wildman–Crippen LogP) is 3.67. The third kappa shape index (κ3) is 1.58. The Kier molecular flexibility index (Phi) is 2.38. The Balaban J connectivity index is 2.76. The minimum Gasteiger partial charge on any atom is -0.250 e. The van der Waals surface area contributed by atoms with Gasteiger partial charge in [-0.3, -0.25) is 0 Å². The van der Waals surface area contributed by atoms with Crippen LogP contribution in [0.15, 0.2) is 24.3 Å². The molecule has 14 heavy (non-hydrogen) atoms. The van der Waals surface area contributed by atoms with Crippen LogP contribution in [-0.2, 0) is 6.67 Å². The number of hydrogen-bond acceptors (Lipinski definition) is 1. The zero-order chi connectivity index (χ0) is 10.1. The van der Waals surface area contributed by atoms with Gasteiger partial charge in [-0.1, -0.05) is 23.2 Å². The average molecular weight is 210 g/mol. The van der Waals surface area contributed by atoms with Crippen molar-refractivity contribution in [1.29, 1.82) is 0 Å². The number of aryl methyl sites for hydroxylation is 1. The fraction of sp³-hybridized carbons (Fsp3) is 0.182. The zero-order valence-corrected chi connectivity index (χ0v) is 8.48. The van der Waals surface area contributed by atoms with Gasteiger partial charge in [-0.15, -0.1) is 0 Å². The molecule has 0 N–H and O–H groups in total. The minimum absolute atomic E-state index is 0.381. The van der Waals surface area contributed by atoms with E-state index in [4.69, 9.17) is 11.6 Å². The summed E-state index contributed by atoms with van der Waals surface area (Å²) in [6.45, 7) is 1.41. The lowest BCUT2D eigenvalue weighted by atomic mass is 10.1. The lowest BCUT2D eigenvalue weighted by Crippen LogP contribution is -1.88. The zero-order valence-electron chi connectivity index (χ0n) is 7.72. The fourth-order valence-corrected chi connectivity index (χ4v) is 1.70. The summed E-state index contributed by atoms with van der Waals surface area (Å²) in [5.74, 6) is 0. The van der Waals surface area contributed by atoms with Crippen LogP contribution in [-0.4, -0.2) is 4.98 Å². The molecule has 0 amide bonds. The van der Waals surface area contributed by atoms with Crippen molar-refractivity contribution in [2.75, 3.05) is 0 Å². The molecule has 0 atom stereocenters. The molecule has 0 aliphatic heterocycles. The fourth-order valence-electron chi connectivity index (χ4n) is 1.42. The van der Waals surface area contributed by atoms with Crippen molar-refractivity contribution in [2.24, 2.45) is 0 Å². The molecule has 3 heteroatoms. The maximum absolute atomic E-state index is 12.4. The van der Waals surface area contributed by atoms with Crippen LogP contribution >= 0.6 is 11.6 Å². The van der Waals surface area contributed by atoms with Crippen molar-refractivity contribution >= 4 is 22.5 Å². The Hall–Kier alpha value is -1.15. The maximum Gasteiger partial charge on any atom is 0.131 e. The van der Waals surface area contributed by atoms with Crippen molar-refractivity contribution in [3.63, 3.8) is 0 Å². The molecule has 0 bridgehead atoms. The van der Waals surface area contributed by atoms with Crippen molar-refractivity contribution in [3.05, 3.63) is 40.5 Å². The van der Waals surface area contributed by atoms with E-state index in [1.165, 1.54) is 0 Å². The van der Waals surface area contributed by atoms with Crippen LogP contribution in [0.25, 0.3) is 10.9 Å². The van der Waals surface area contributed by atoms with Gasteiger partial charge < -0.3 is 0 Å². The van der Waals surface area contributed by atoms with E-state index in [1.54, 1.807) is 6.07 Å². The number of pyridine rings is 1. The van der Waals surface area contributed by atoms with Gasteiger partial charge in [0.1, 0.15) is 6.67 Å². The minimum atomic E-state index is -0.580. The lowest BCUT2D eigenvalue weighted by molar-refractivity contribution is 0.477. The summed E-state index contributed by atoms with van der Waals surface area (Å²) in [7, 11) is 0. The normalized spacial score (nSPS) is 10.8. The quantitative estimate of drug-likeness (QED) is 0.699. The number of halogens is 2. The highest BCUT2D eigenvalue weighted by molar-refractivity contribution is 6.35. The Morgan fingerprint density at radius 3 is 2.86 bits per heavy atom. The molecule has 0 fully saturated rings. The number of benzene rings is 1. The van der Waals surface area contributed by atoms with Crippen LogP contribution < -0.4 is 0 Å². The second kappa shape index (κ2) is 3.54. The monoisotopic (exact) mass is 209 g/mol. The van der Waals surface area contributed by atoms with E-state index in [-0.39, 0.29) is 0 Å². The summed E-state index contributed by atoms with van der Waals surface area (Å²) in [5, 5.41) is 1.44. The molecule has 0 saturated heterocycles. The van der Waals surface area contributed by atoms with Gasteiger partial charge in [-0.2, -0.15) is 0 Å². The Labute approximate surface area is 86.5 Å². The molecule has 0 aliphatic rings. The number of hydrogen-bond donors (Lipinski definition) is 0. The van der Waals surface area contributed by atoms with Gasteiger partial charge in [-0.05, 0) is 25.1 Å². The molecule has 0 radical (unpaired) electrons. The summed E-state index contributed by atoms with van der Waals surface area (Å²) in [4.78, 5) is 4.14. The Bertz CT molecular complexity index is 482. The average Bonchev–Trinajstić information content (AvgIpc) is 2.19. The van der Waals surface area contributed by atoms with E-state index in [1.807, 2.05) is 25.1 Å². The van der Waals surface area contributed by atoms with Crippen LogP contribution in [0.4, 0.5) is 4.39 Å². The van der Waals surface area contributed by atoms with Crippen LogP contribution in [0.2, 0.25) is 5.02 Å². The van der Waals surface area contributed by atoms with E-state index >= 15 is 0 Å². The molecule has 1 aromatic heterocycles. The third-order valence-corrected chi connectivity index (χ3v) is 2.42. The van der Waals surface area contributed by atoms with Gasteiger partial charge in [0.2, 0.25) is 0 Å². The molecule has 2 aromatic rings. The van der Waals surface area contributed by atoms with Crippen molar-refractivity contribution in [3.8, 4) is 0 Å². The van der Waals surface area contributed by atoms with Crippen LogP contribution in [0.1, 0.15) is 11.3 Å². The highest BCUT2D eigenvalue weighted by atomic mass is 35.5. The molecular weight excluding hydrogens is 201 g/mol. The first-order valence-corrected chi connectivity index (χ1v) is 4.70. The first kappa shape index (κ1) is 9.41. The summed E-state index contributed by atoms with van der Waals surface area (Å²) in [6.07, 6.45) is 0. The van der Waals surface area contributed by atoms with Crippen molar-refractivity contribution < 1.29 is 4.39 Å². The SMILES string of the molecule is Cc1ccc2nc(CF)cc(Cl)c2c1. The Morgan fingerprint density at radius 1 is 1.36 bits per heavy atom. The van der Waals surface area contributed by atoms with E-state index in [0.29, 0.717) is 10.7 Å².